The van der Waals surface area contributed by atoms with Crippen molar-refractivity contribution in [1.29, 1.82) is 0 Å². The molecule has 2 aliphatic rings. The van der Waals surface area contributed by atoms with Crippen LogP contribution in [0, 0.1) is 0 Å². The van der Waals surface area contributed by atoms with Gasteiger partial charge in [-0.15, -0.1) is 0 Å². The fourth-order valence-corrected chi connectivity index (χ4v) is 4.17. The Hall–Kier alpha value is -1.79. The number of carbonyl (C=O) groups is 3. The maximum atomic E-state index is 12.8. The highest BCUT2D eigenvalue weighted by molar-refractivity contribution is 6.35. The van der Waals surface area contributed by atoms with Crippen LogP contribution in [0.1, 0.15) is 32.1 Å². The number of imide groups is 1. The van der Waals surface area contributed by atoms with Crippen LogP contribution in [-0.4, -0.2) is 46.8 Å². The molecule has 1 N–H and O–H groups in total. The zero-order valence-electron chi connectivity index (χ0n) is 13.8. The van der Waals surface area contributed by atoms with Crippen LogP contribution in [0.5, 0.6) is 0 Å². The number of amides is 4. The van der Waals surface area contributed by atoms with Gasteiger partial charge in [-0.25, -0.2) is 4.79 Å². The van der Waals surface area contributed by atoms with E-state index in [1.54, 1.807) is 25.2 Å². The van der Waals surface area contributed by atoms with Crippen LogP contribution in [0.4, 0.5) is 10.5 Å². The molecule has 1 saturated heterocycles. The summed E-state index contributed by atoms with van der Waals surface area (Å²) in [6, 6.07) is 4.22. The first-order valence-corrected chi connectivity index (χ1v) is 8.95. The molecule has 2 fully saturated rings. The minimum atomic E-state index is -0.783. The number of nitrogens with zero attached hydrogens (tertiary/aromatic N) is 2. The van der Waals surface area contributed by atoms with Gasteiger partial charge in [0, 0.05) is 22.8 Å². The van der Waals surface area contributed by atoms with Crippen molar-refractivity contribution in [1.82, 2.24) is 9.80 Å². The average molecular weight is 384 g/mol. The lowest BCUT2D eigenvalue weighted by atomic mass is 9.81. The van der Waals surface area contributed by atoms with Gasteiger partial charge in [-0.3, -0.25) is 14.5 Å². The van der Waals surface area contributed by atoms with E-state index in [4.69, 9.17) is 23.2 Å². The van der Waals surface area contributed by atoms with Crippen molar-refractivity contribution in [2.24, 2.45) is 0 Å². The minimum Gasteiger partial charge on any atom is -0.324 e. The van der Waals surface area contributed by atoms with Gasteiger partial charge < -0.3 is 10.2 Å². The first kappa shape index (κ1) is 18.0. The number of nitrogens with one attached hydrogen (secondary N) is 1. The third kappa shape index (κ3) is 3.33. The molecule has 1 spiro atoms. The first-order chi connectivity index (χ1) is 11.8. The lowest BCUT2D eigenvalue weighted by Gasteiger charge is -2.35. The van der Waals surface area contributed by atoms with E-state index in [0.717, 1.165) is 24.2 Å². The van der Waals surface area contributed by atoms with Crippen molar-refractivity contribution in [3.8, 4) is 0 Å². The van der Waals surface area contributed by atoms with Crippen molar-refractivity contribution in [3.05, 3.63) is 28.2 Å². The van der Waals surface area contributed by atoms with Crippen molar-refractivity contribution >= 4 is 46.7 Å². The van der Waals surface area contributed by atoms with Crippen LogP contribution in [0.25, 0.3) is 0 Å². The maximum absolute atomic E-state index is 12.8. The second-order valence-electron chi connectivity index (χ2n) is 6.53. The van der Waals surface area contributed by atoms with Crippen LogP contribution in [0.15, 0.2) is 18.2 Å². The molecule has 3 rings (SSSR count). The lowest BCUT2D eigenvalue weighted by molar-refractivity contribution is -0.136. The number of benzene rings is 1. The van der Waals surface area contributed by atoms with Gasteiger partial charge in [0.05, 0.1) is 0 Å². The minimum absolute atomic E-state index is 0.279. The quantitative estimate of drug-likeness (QED) is 0.811. The Morgan fingerprint density at radius 2 is 1.72 bits per heavy atom. The Morgan fingerprint density at radius 1 is 1.12 bits per heavy atom. The van der Waals surface area contributed by atoms with E-state index in [0.29, 0.717) is 28.6 Å². The normalized spacial score (nSPS) is 19.6. The number of carbonyl (C=O) groups excluding carboxylic acids is 3. The molecule has 25 heavy (non-hydrogen) atoms. The summed E-state index contributed by atoms with van der Waals surface area (Å²) in [6.07, 6.45) is 4.17. The predicted octanol–water partition coefficient (Wildman–Crippen LogP) is 3.53. The van der Waals surface area contributed by atoms with E-state index in [1.807, 2.05) is 0 Å². The van der Waals surface area contributed by atoms with Gasteiger partial charge >= 0.3 is 6.03 Å². The van der Waals surface area contributed by atoms with E-state index in [2.05, 4.69) is 5.32 Å². The van der Waals surface area contributed by atoms with Crippen molar-refractivity contribution in [2.75, 3.05) is 18.9 Å². The number of hydrogen-bond donors (Lipinski definition) is 1. The summed E-state index contributed by atoms with van der Waals surface area (Å²) in [6.45, 7) is -0.326. The summed E-state index contributed by atoms with van der Waals surface area (Å²) in [7, 11) is 1.64. The highest BCUT2D eigenvalue weighted by Crippen LogP contribution is 2.39. The van der Waals surface area contributed by atoms with E-state index < -0.39 is 17.5 Å². The van der Waals surface area contributed by atoms with Gasteiger partial charge in [-0.05, 0) is 31.0 Å². The van der Waals surface area contributed by atoms with Crippen LogP contribution in [-0.2, 0) is 9.59 Å². The third-order valence-corrected chi connectivity index (χ3v) is 5.37. The van der Waals surface area contributed by atoms with Gasteiger partial charge in [-0.1, -0.05) is 42.5 Å². The summed E-state index contributed by atoms with van der Waals surface area (Å²) in [5.41, 5.74) is -0.364. The standard InChI is InChI=1S/C17H19Cl2N3O3/c1-21-16(25)22(15(24)17(21)5-3-2-4-6-17)10-14(23)20-13-8-11(18)7-12(19)9-13/h7-9H,2-6,10H2,1H3,(H,20,23). The molecule has 8 heteroatoms. The summed E-state index contributed by atoms with van der Waals surface area (Å²) in [5.74, 6) is -0.750. The molecule has 1 saturated carbocycles. The molecule has 0 unspecified atom stereocenters. The largest absolute Gasteiger partial charge is 0.327 e. The van der Waals surface area contributed by atoms with Gasteiger partial charge in [0.15, 0.2) is 0 Å². The molecule has 0 bridgehead atoms. The lowest BCUT2D eigenvalue weighted by Crippen LogP contribution is -2.49. The number of halogens is 2. The van der Waals surface area contributed by atoms with Gasteiger partial charge in [0.25, 0.3) is 5.91 Å². The first-order valence-electron chi connectivity index (χ1n) is 8.19. The fraction of sp³-hybridized carbons (Fsp3) is 0.471. The van der Waals surface area contributed by atoms with Crippen LogP contribution in [0.3, 0.4) is 0 Å². The number of rotatable bonds is 3. The number of urea groups is 1. The molecule has 6 nitrogen and oxygen atoms in total. The number of anilines is 1. The Balaban J connectivity index is 1.72. The van der Waals surface area contributed by atoms with Gasteiger partial charge in [0.2, 0.25) is 5.91 Å². The Morgan fingerprint density at radius 3 is 2.32 bits per heavy atom. The molecule has 1 aromatic carbocycles. The Kier molecular flexibility index (Phi) is 4.93. The van der Waals surface area contributed by atoms with E-state index >= 15 is 0 Å². The molecule has 0 atom stereocenters. The van der Waals surface area contributed by atoms with E-state index in [1.165, 1.54) is 4.90 Å². The summed E-state index contributed by atoms with van der Waals surface area (Å²) < 4.78 is 0. The van der Waals surface area contributed by atoms with Crippen LogP contribution < -0.4 is 5.32 Å². The zero-order chi connectivity index (χ0) is 18.2. The summed E-state index contributed by atoms with van der Waals surface area (Å²) in [4.78, 5) is 40.2. The summed E-state index contributed by atoms with van der Waals surface area (Å²) >= 11 is 11.8. The van der Waals surface area contributed by atoms with Crippen LogP contribution in [0.2, 0.25) is 10.0 Å². The van der Waals surface area contributed by atoms with Gasteiger partial charge in [-0.2, -0.15) is 0 Å². The SMILES string of the molecule is CN1C(=O)N(CC(=O)Nc2cc(Cl)cc(Cl)c2)C(=O)C12CCCCC2. The molecular formula is C17H19Cl2N3O3. The zero-order valence-corrected chi connectivity index (χ0v) is 15.4. The van der Waals surface area contributed by atoms with E-state index in [-0.39, 0.29) is 12.5 Å². The smallest absolute Gasteiger partial charge is 0.324 e. The topological polar surface area (TPSA) is 69.7 Å². The number of hydrogen-bond acceptors (Lipinski definition) is 3. The Labute approximate surface area is 156 Å². The van der Waals surface area contributed by atoms with Gasteiger partial charge in [0.1, 0.15) is 12.1 Å². The molecule has 0 radical (unpaired) electrons. The van der Waals surface area contributed by atoms with Crippen LogP contribution >= 0.6 is 23.2 Å². The average Bonchev–Trinajstić information content (AvgIpc) is 2.71. The highest BCUT2D eigenvalue weighted by atomic mass is 35.5. The van der Waals surface area contributed by atoms with Crippen molar-refractivity contribution in [3.63, 3.8) is 0 Å². The molecule has 1 aliphatic carbocycles. The molecule has 1 heterocycles. The maximum Gasteiger partial charge on any atom is 0.327 e. The monoisotopic (exact) mass is 383 g/mol. The molecule has 1 aliphatic heterocycles. The Bertz CT molecular complexity index is 712. The van der Waals surface area contributed by atoms with Crippen molar-refractivity contribution in [2.45, 2.75) is 37.6 Å². The third-order valence-electron chi connectivity index (χ3n) is 4.93. The molecule has 134 valence electrons. The molecule has 4 amide bonds. The highest BCUT2D eigenvalue weighted by Gasteiger charge is 2.55. The fourth-order valence-electron chi connectivity index (χ4n) is 3.64. The van der Waals surface area contributed by atoms with E-state index in [9.17, 15) is 14.4 Å². The second-order valence-corrected chi connectivity index (χ2v) is 7.40. The molecular weight excluding hydrogens is 365 g/mol. The predicted molar refractivity (Wildman–Crippen MR) is 95.8 cm³/mol. The molecule has 1 aromatic rings. The molecule has 0 aromatic heterocycles. The van der Waals surface area contributed by atoms with Crippen molar-refractivity contribution < 1.29 is 14.4 Å². The summed E-state index contributed by atoms with van der Waals surface area (Å²) in [5, 5.41) is 3.40. The number of likely N-dealkylation sites (N-methyl/N-ethyl adjacent to an activating group) is 1. The second kappa shape index (κ2) is 6.84.